The van der Waals surface area contributed by atoms with Crippen LogP contribution in [0.3, 0.4) is 0 Å². The van der Waals surface area contributed by atoms with E-state index in [1.165, 1.54) is 0 Å². The first kappa shape index (κ1) is 17.4. The molecule has 0 spiro atoms. The number of aliphatic imine (C=N–C) groups is 1. The summed E-state index contributed by atoms with van der Waals surface area (Å²) in [5, 5.41) is 5.69. The molecule has 0 unspecified atom stereocenters. The maximum Gasteiger partial charge on any atom is 0.129 e. The van der Waals surface area contributed by atoms with E-state index in [2.05, 4.69) is 5.32 Å². The second kappa shape index (κ2) is 7.32. The molecule has 2 nitrogen and oxygen atoms in total. The van der Waals surface area contributed by atoms with Gasteiger partial charge in [0, 0.05) is 20.6 Å². The third-order valence-electron chi connectivity index (χ3n) is 4.43. The maximum atomic E-state index is 6.05. The van der Waals surface area contributed by atoms with Crippen LogP contribution in [0.5, 0.6) is 0 Å². The Morgan fingerprint density at radius 3 is 1.62 bits per heavy atom. The molecular formula is C21H15Cl3N2. The molecule has 0 bridgehead atoms. The standard InChI is InChI=1S/C21H15Cl3N2/c22-16-7-1-13(2-8-16)19-20(14-3-9-17(23)10-4-14)26-21(25-19)15-5-11-18(24)12-6-15/h1-12,19-20H,(H,25,26)/t19-,20-/m1/s1. The van der Waals surface area contributed by atoms with Crippen molar-refractivity contribution in [3.63, 3.8) is 0 Å². The van der Waals surface area contributed by atoms with Gasteiger partial charge in [-0.05, 0) is 59.7 Å². The minimum atomic E-state index is -0.0564. The van der Waals surface area contributed by atoms with Crippen molar-refractivity contribution >= 4 is 40.6 Å². The van der Waals surface area contributed by atoms with Crippen LogP contribution in [0.1, 0.15) is 28.8 Å². The third-order valence-corrected chi connectivity index (χ3v) is 5.19. The lowest BCUT2D eigenvalue weighted by Crippen LogP contribution is -2.25. The van der Waals surface area contributed by atoms with Crippen LogP contribution in [0, 0.1) is 0 Å². The first-order chi connectivity index (χ1) is 12.6. The fourth-order valence-corrected chi connectivity index (χ4v) is 3.48. The number of rotatable bonds is 3. The van der Waals surface area contributed by atoms with Gasteiger partial charge in [-0.3, -0.25) is 4.99 Å². The Kier molecular flexibility index (Phi) is 4.90. The van der Waals surface area contributed by atoms with Crippen LogP contribution in [0.25, 0.3) is 0 Å². The fourth-order valence-electron chi connectivity index (χ4n) is 3.11. The number of nitrogens with zero attached hydrogens (tertiary/aromatic N) is 1. The summed E-state index contributed by atoms with van der Waals surface area (Å²) in [4.78, 5) is 4.95. The monoisotopic (exact) mass is 400 g/mol. The fraction of sp³-hybridized carbons (Fsp3) is 0.0952. The number of benzene rings is 3. The number of halogens is 3. The second-order valence-corrected chi connectivity index (χ2v) is 7.46. The molecule has 1 N–H and O–H groups in total. The molecule has 1 heterocycles. The van der Waals surface area contributed by atoms with Gasteiger partial charge in [-0.2, -0.15) is 0 Å². The molecule has 0 fully saturated rings. The van der Waals surface area contributed by atoms with E-state index in [1.54, 1.807) is 0 Å². The lowest BCUT2D eigenvalue weighted by Gasteiger charge is -2.20. The van der Waals surface area contributed by atoms with Crippen LogP contribution >= 0.6 is 34.8 Å². The Morgan fingerprint density at radius 2 is 1.08 bits per heavy atom. The van der Waals surface area contributed by atoms with Crippen molar-refractivity contribution in [2.24, 2.45) is 4.99 Å². The molecule has 0 saturated carbocycles. The van der Waals surface area contributed by atoms with E-state index >= 15 is 0 Å². The van der Waals surface area contributed by atoms with Gasteiger partial charge in [0.2, 0.25) is 0 Å². The van der Waals surface area contributed by atoms with Crippen LogP contribution in [0.15, 0.2) is 77.8 Å². The molecular weight excluding hydrogens is 387 g/mol. The van der Waals surface area contributed by atoms with E-state index in [0.29, 0.717) is 15.1 Å². The molecule has 3 aromatic carbocycles. The summed E-state index contributed by atoms with van der Waals surface area (Å²) >= 11 is 18.1. The molecule has 0 radical (unpaired) electrons. The molecule has 0 amide bonds. The van der Waals surface area contributed by atoms with Crippen molar-refractivity contribution in [1.29, 1.82) is 0 Å². The molecule has 130 valence electrons. The number of nitrogens with one attached hydrogen (secondary N) is 1. The van der Waals surface area contributed by atoms with Gasteiger partial charge in [-0.15, -0.1) is 0 Å². The quantitative estimate of drug-likeness (QED) is 0.533. The molecule has 0 saturated heterocycles. The minimum Gasteiger partial charge on any atom is -0.361 e. The average Bonchev–Trinajstić information content (AvgIpc) is 3.09. The Labute approximate surface area is 167 Å². The summed E-state index contributed by atoms with van der Waals surface area (Å²) in [5.74, 6) is 0.849. The number of hydrogen-bond acceptors (Lipinski definition) is 2. The van der Waals surface area contributed by atoms with Gasteiger partial charge in [0.25, 0.3) is 0 Å². The lowest BCUT2D eigenvalue weighted by atomic mass is 9.95. The SMILES string of the molecule is Clc1ccc(C2=N[C@H](c3ccc(Cl)cc3)[C@@H](c3ccc(Cl)cc3)N2)cc1. The highest BCUT2D eigenvalue weighted by Crippen LogP contribution is 2.37. The predicted molar refractivity (Wildman–Crippen MR) is 110 cm³/mol. The molecule has 0 aromatic heterocycles. The molecule has 3 aromatic rings. The third kappa shape index (κ3) is 3.59. The van der Waals surface area contributed by atoms with Gasteiger partial charge in [0.15, 0.2) is 0 Å². The Hall–Kier alpha value is -2.00. The van der Waals surface area contributed by atoms with Crippen molar-refractivity contribution in [1.82, 2.24) is 5.32 Å². The second-order valence-electron chi connectivity index (χ2n) is 6.15. The van der Waals surface area contributed by atoms with Crippen LogP contribution in [-0.2, 0) is 0 Å². The highest BCUT2D eigenvalue weighted by Gasteiger charge is 2.31. The summed E-state index contributed by atoms with van der Waals surface area (Å²) < 4.78 is 0. The van der Waals surface area contributed by atoms with Gasteiger partial charge in [0.05, 0.1) is 6.04 Å². The van der Waals surface area contributed by atoms with Crippen LogP contribution in [0.2, 0.25) is 15.1 Å². The molecule has 1 aliphatic heterocycles. The van der Waals surface area contributed by atoms with Crippen molar-refractivity contribution in [2.45, 2.75) is 12.1 Å². The number of hydrogen-bond donors (Lipinski definition) is 1. The lowest BCUT2D eigenvalue weighted by molar-refractivity contribution is 0.572. The van der Waals surface area contributed by atoms with Gasteiger partial charge in [-0.1, -0.05) is 59.1 Å². The van der Waals surface area contributed by atoms with Crippen LogP contribution in [-0.4, -0.2) is 5.84 Å². The van der Waals surface area contributed by atoms with Gasteiger partial charge >= 0.3 is 0 Å². The topological polar surface area (TPSA) is 24.4 Å². The predicted octanol–water partition coefficient (Wildman–Crippen LogP) is 6.48. The summed E-state index contributed by atoms with van der Waals surface area (Å²) in [7, 11) is 0. The molecule has 4 rings (SSSR count). The van der Waals surface area contributed by atoms with E-state index in [4.69, 9.17) is 39.8 Å². The average molecular weight is 402 g/mol. The summed E-state index contributed by atoms with van der Waals surface area (Å²) in [6, 6.07) is 23.3. The molecule has 2 atom stereocenters. The smallest absolute Gasteiger partial charge is 0.129 e. The summed E-state index contributed by atoms with van der Waals surface area (Å²) in [6.07, 6.45) is 0. The van der Waals surface area contributed by atoms with Gasteiger partial charge in [-0.25, -0.2) is 0 Å². The first-order valence-corrected chi connectivity index (χ1v) is 9.35. The van der Waals surface area contributed by atoms with Crippen LogP contribution < -0.4 is 5.32 Å². The molecule has 26 heavy (non-hydrogen) atoms. The Bertz CT molecular complexity index is 933. The van der Waals surface area contributed by atoms with Crippen molar-refractivity contribution in [3.05, 3.63) is 105 Å². The van der Waals surface area contributed by atoms with Crippen molar-refractivity contribution in [3.8, 4) is 0 Å². The Morgan fingerprint density at radius 1 is 0.615 bits per heavy atom. The normalized spacial score (nSPS) is 19.1. The van der Waals surface area contributed by atoms with E-state index < -0.39 is 0 Å². The van der Waals surface area contributed by atoms with Gasteiger partial charge < -0.3 is 5.32 Å². The van der Waals surface area contributed by atoms with Crippen molar-refractivity contribution < 1.29 is 0 Å². The number of amidine groups is 1. The highest BCUT2D eigenvalue weighted by molar-refractivity contribution is 6.31. The van der Waals surface area contributed by atoms with Crippen molar-refractivity contribution in [2.75, 3.05) is 0 Å². The Balaban J connectivity index is 1.74. The highest BCUT2D eigenvalue weighted by atomic mass is 35.5. The summed E-state index contributed by atoms with van der Waals surface area (Å²) in [6.45, 7) is 0. The zero-order chi connectivity index (χ0) is 18.1. The van der Waals surface area contributed by atoms with E-state index in [1.807, 2.05) is 72.8 Å². The maximum absolute atomic E-state index is 6.05. The van der Waals surface area contributed by atoms with Crippen LogP contribution in [0.4, 0.5) is 0 Å². The minimum absolute atomic E-state index is 0.0131. The molecule has 1 aliphatic rings. The first-order valence-electron chi connectivity index (χ1n) is 8.21. The molecule has 5 heteroatoms. The van der Waals surface area contributed by atoms with E-state index in [0.717, 1.165) is 22.5 Å². The zero-order valence-electron chi connectivity index (χ0n) is 13.7. The largest absolute Gasteiger partial charge is 0.361 e. The van der Waals surface area contributed by atoms with E-state index in [9.17, 15) is 0 Å². The van der Waals surface area contributed by atoms with Gasteiger partial charge in [0.1, 0.15) is 11.9 Å². The summed E-state index contributed by atoms with van der Waals surface area (Å²) in [5.41, 5.74) is 3.23. The molecule has 0 aliphatic carbocycles. The van der Waals surface area contributed by atoms with E-state index in [-0.39, 0.29) is 12.1 Å². The zero-order valence-corrected chi connectivity index (χ0v) is 15.9.